The Balaban J connectivity index is 2.86. The van der Waals surface area contributed by atoms with Crippen molar-refractivity contribution >= 4 is 12.0 Å². The fourth-order valence-electron chi connectivity index (χ4n) is 1.43. The number of carbonyl (C=O) groups is 1. The Morgan fingerprint density at radius 3 is 2.35 bits per heavy atom. The summed E-state index contributed by atoms with van der Waals surface area (Å²) in [6.07, 6.45) is 2.50. The summed E-state index contributed by atoms with van der Waals surface area (Å²) in [5.74, 6) is 0.558. The first kappa shape index (κ1) is 13.3. The second-order valence-corrected chi connectivity index (χ2v) is 3.52. The van der Waals surface area contributed by atoms with Gasteiger partial charge in [0.25, 0.3) is 0 Å². The lowest BCUT2D eigenvalue weighted by atomic mass is 10.1. The zero-order valence-electron chi connectivity index (χ0n) is 10.5. The van der Waals surface area contributed by atoms with Crippen molar-refractivity contribution in [1.82, 2.24) is 0 Å². The van der Waals surface area contributed by atoms with Gasteiger partial charge in [0.1, 0.15) is 5.75 Å². The number of hydrogen-bond donors (Lipinski definition) is 0. The topological polar surface area (TPSA) is 35.5 Å². The van der Waals surface area contributed by atoms with E-state index in [2.05, 4.69) is 0 Å². The lowest BCUT2D eigenvalue weighted by Gasteiger charge is -2.05. The van der Waals surface area contributed by atoms with Gasteiger partial charge >= 0.3 is 5.97 Å². The monoisotopic (exact) mass is 234 g/mol. The van der Waals surface area contributed by atoms with Crippen molar-refractivity contribution in [1.29, 1.82) is 0 Å². The Labute approximate surface area is 102 Å². The predicted molar refractivity (Wildman–Crippen MR) is 67.9 cm³/mol. The van der Waals surface area contributed by atoms with Crippen molar-refractivity contribution in [3.63, 3.8) is 0 Å². The van der Waals surface area contributed by atoms with Crippen LogP contribution in [0.5, 0.6) is 5.75 Å². The molecule has 1 aromatic rings. The minimum absolute atomic E-state index is 0.245. The number of esters is 1. The lowest BCUT2D eigenvalue weighted by molar-refractivity contribution is -0.138. The second-order valence-electron chi connectivity index (χ2n) is 3.52. The summed E-state index contributed by atoms with van der Waals surface area (Å²) in [4.78, 5) is 11.6. The molecule has 0 aliphatic heterocycles. The zero-order valence-corrected chi connectivity index (χ0v) is 10.5. The first-order valence-electron chi connectivity index (χ1n) is 5.73. The van der Waals surface area contributed by atoms with E-state index in [0.29, 0.717) is 18.6 Å². The number of rotatable bonds is 5. The summed E-state index contributed by atoms with van der Waals surface area (Å²) in [5, 5.41) is 0. The molecule has 92 valence electrons. The van der Waals surface area contributed by atoms with Gasteiger partial charge in [0.2, 0.25) is 0 Å². The average molecular weight is 234 g/mol. The number of carbonyl (C=O) groups excluding carboxylic acids is 1. The van der Waals surface area contributed by atoms with E-state index in [1.807, 2.05) is 37.3 Å². The van der Waals surface area contributed by atoms with Crippen LogP contribution in [-0.4, -0.2) is 19.7 Å². The van der Waals surface area contributed by atoms with Gasteiger partial charge in [-0.25, -0.2) is 4.79 Å². The normalized spacial score (nSPS) is 11.1. The molecule has 1 rings (SSSR count). The molecule has 0 heterocycles. The molecule has 0 aliphatic rings. The number of methoxy groups -OCH3 is 1. The van der Waals surface area contributed by atoms with E-state index < -0.39 is 0 Å². The Morgan fingerprint density at radius 1 is 1.24 bits per heavy atom. The van der Waals surface area contributed by atoms with E-state index in [1.54, 1.807) is 14.0 Å². The number of ether oxygens (including phenoxy) is 2. The van der Waals surface area contributed by atoms with Crippen LogP contribution in [-0.2, 0) is 9.53 Å². The molecule has 0 saturated heterocycles. The summed E-state index contributed by atoms with van der Waals surface area (Å²) in [5.41, 5.74) is 1.65. The van der Waals surface area contributed by atoms with Crippen molar-refractivity contribution in [3.8, 4) is 5.75 Å². The van der Waals surface area contributed by atoms with Crippen molar-refractivity contribution in [2.24, 2.45) is 0 Å². The molecular formula is C14H18O3. The summed E-state index contributed by atoms with van der Waals surface area (Å²) in [7, 11) is 1.63. The fraction of sp³-hybridized carbons (Fsp3) is 0.357. The van der Waals surface area contributed by atoms with E-state index in [9.17, 15) is 4.79 Å². The van der Waals surface area contributed by atoms with Crippen molar-refractivity contribution in [3.05, 3.63) is 35.4 Å². The first-order chi connectivity index (χ1) is 8.21. The second kappa shape index (κ2) is 6.74. The highest BCUT2D eigenvalue weighted by Crippen LogP contribution is 2.15. The molecule has 0 aromatic heterocycles. The predicted octanol–water partition coefficient (Wildman–Crippen LogP) is 3.05. The van der Waals surface area contributed by atoms with Crippen LogP contribution in [0.1, 0.15) is 25.8 Å². The van der Waals surface area contributed by atoms with Gasteiger partial charge in [0.15, 0.2) is 0 Å². The molecule has 0 unspecified atom stereocenters. The van der Waals surface area contributed by atoms with Gasteiger partial charge in [0.05, 0.1) is 13.7 Å². The van der Waals surface area contributed by atoms with Gasteiger partial charge in [0, 0.05) is 5.57 Å². The third-order valence-electron chi connectivity index (χ3n) is 2.38. The third kappa shape index (κ3) is 3.94. The summed E-state index contributed by atoms with van der Waals surface area (Å²) in [6, 6.07) is 7.55. The molecule has 0 aliphatic carbocycles. The standard InChI is InChI=1S/C14H18O3/c1-4-12(14(15)17-5-2)10-11-6-8-13(16-3)9-7-11/h6-10H,4-5H2,1-3H3/b12-10+. The van der Waals surface area contributed by atoms with E-state index in [1.165, 1.54) is 0 Å². The molecule has 0 N–H and O–H groups in total. The van der Waals surface area contributed by atoms with Gasteiger partial charge in [-0.1, -0.05) is 19.1 Å². The quantitative estimate of drug-likeness (QED) is 0.580. The largest absolute Gasteiger partial charge is 0.497 e. The van der Waals surface area contributed by atoms with Gasteiger partial charge in [-0.15, -0.1) is 0 Å². The van der Waals surface area contributed by atoms with Crippen LogP contribution >= 0.6 is 0 Å². The summed E-state index contributed by atoms with van der Waals surface area (Å²) >= 11 is 0. The van der Waals surface area contributed by atoms with Gasteiger partial charge < -0.3 is 9.47 Å². The Kier molecular flexibility index (Phi) is 5.27. The fourth-order valence-corrected chi connectivity index (χ4v) is 1.43. The maximum absolute atomic E-state index is 11.6. The van der Waals surface area contributed by atoms with Gasteiger partial charge in [-0.3, -0.25) is 0 Å². The molecule has 3 nitrogen and oxygen atoms in total. The molecule has 17 heavy (non-hydrogen) atoms. The first-order valence-corrected chi connectivity index (χ1v) is 5.73. The SMILES string of the molecule is CCOC(=O)/C(=C/c1ccc(OC)cc1)CC. The molecule has 0 atom stereocenters. The van der Waals surface area contributed by atoms with E-state index >= 15 is 0 Å². The molecule has 0 amide bonds. The van der Waals surface area contributed by atoms with Crippen LogP contribution in [0.15, 0.2) is 29.8 Å². The third-order valence-corrected chi connectivity index (χ3v) is 2.38. The number of benzene rings is 1. The molecule has 0 spiro atoms. The number of hydrogen-bond acceptors (Lipinski definition) is 3. The van der Waals surface area contributed by atoms with Crippen LogP contribution in [0, 0.1) is 0 Å². The van der Waals surface area contributed by atoms with E-state index in [4.69, 9.17) is 9.47 Å². The maximum Gasteiger partial charge on any atom is 0.333 e. The van der Waals surface area contributed by atoms with Crippen LogP contribution in [0.3, 0.4) is 0 Å². The highest BCUT2D eigenvalue weighted by atomic mass is 16.5. The minimum atomic E-state index is -0.245. The summed E-state index contributed by atoms with van der Waals surface area (Å²) in [6.45, 7) is 4.14. The van der Waals surface area contributed by atoms with Gasteiger partial charge in [-0.05, 0) is 37.1 Å². The smallest absolute Gasteiger partial charge is 0.333 e. The molecule has 1 aromatic carbocycles. The Bertz CT molecular complexity index is 390. The van der Waals surface area contributed by atoms with Crippen molar-refractivity contribution in [2.75, 3.05) is 13.7 Å². The summed E-state index contributed by atoms with van der Waals surface area (Å²) < 4.78 is 10.1. The zero-order chi connectivity index (χ0) is 12.7. The van der Waals surface area contributed by atoms with Crippen LogP contribution in [0.2, 0.25) is 0 Å². The average Bonchev–Trinajstić information content (AvgIpc) is 2.37. The molecule has 0 saturated carbocycles. The molecule has 0 fully saturated rings. The minimum Gasteiger partial charge on any atom is -0.497 e. The maximum atomic E-state index is 11.6. The van der Waals surface area contributed by atoms with Crippen LogP contribution in [0.4, 0.5) is 0 Å². The van der Waals surface area contributed by atoms with E-state index in [0.717, 1.165) is 11.3 Å². The van der Waals surface area contributed by atoms with Crippen LogP contribution < -0.4 is 4.74 Å². The molecule has 0 bridgehead atoms. The highest BCUT2D eigenvalue weighted by Gasteiger charge is 2.07. The van der Waals surface area contributed by atoms with Crippen molar-refractivity contribution < 1.29 is 14.3 Å². The van der Waals surface area contributed by atoms with Gasteiger partial charge in [-0.2, -0.15) is 0 Å². The van der Waals surface area contributed by atoms with Crippen molar-refractivity contribution in [2.45, 2.75) is 20.3 Å². The van der Waals surface area contributed by atoms with E-state index in [-0.39, 0.29) is 5.97 Å². The molecular weight excluding hydrogens is 216 g/mol. The molecule has 0 radical (unpaired) electrons. The lowest BCUT2D eigenvalue weighted by Crippen LogP contribution is -2.06. The highest BCUT2D eigenvalue weighted by molar-refractivity contribution is 5.93. The molecule has 3 heteroatoms. The van der Waals surface area contributed by atoms with Crippen LogP contribution in [0.25, 0.3) is 6.08 Å². The Morgan fingerprint density at radius 2 is 1.88 bits per heavy atom. The Hall–Kier alpha value is -1.77.